The lowest BCUT2D eigenvalue weighted by molar-refractivity contribution is -0.146. The van der Waals surface area contributed by atoms with Crippen molar-refractivity contribution in [3.05, 3.63) is 27.9 Å². The molecule has 1 atom stereocenters. The van der Waals surface area contributed by atoms with Gasteiger partial charge < -0.3 is 10.4 Å². The molecule has 110 valence electrons. The summed E-state index contributed by atoms with van der Waals surface area (Å²) in [7, 11) is 0. The van der Waals surface area contributed by atoms with E-state index in [1.165, 1.54) is 11.3 Å². The fraction of sp³-hybridized carbons (Fsp3) is 0.308. The molecule has 8 heteroatoms. The Balaban J connectivity index is 1.75. The van der Waals surface area contributed by atoms with Crippen LogP contribution in [0.25, 0.3) is 10.6 Å². The number of nitrogens with zero attached hydrogens (tertiary/aromatic N) is 2. The van der Waals surface area contributed by atoms with E-state index in [1.54, 1.807) is 16.2 Å². The van der Waals surface area contributed by atoms with Crippen LogP contribution in [0.3, 0.4) is 0 Å². The van der Waals surface area contributed by atoms with Gasteiger partial charge in [-0.25, -0.2) is 4.98 Å². The molecule has 2 aromatic heterocycles. The van der Waals surface area contributed by atoms with E-state index in [0.717, 1.165) is 16.3 Å². The van der Waals surface area contributed by atoms with E-state index < -0.39 is 12.0 Å². The number of amides is 1. The van der Waals surface area contributed by atoms with E-state index in [1.807, 2.05) is 22.2 Å². The molecule has 2 aromatic rings. The fourth-order valence-electron chi connectivity index (χ4n) is 2.21. The van der Waals surface area contributed by atoms with Crippen LogP contribution in [0.5, 0.6) is 0 Å². The molecule has 3 heterocycles. The number of carbonyl (C=O) groups excluding carboxylic acids is 1. The molecule has 1 fully saturated rings. The summed E-state index contributed by atoms with van der Waals surface area (Å²) in [6.45, 7) is 0.586. The van der Waals surface area contributed by atoms with Crippen molar-refractivity contribution in [3.63, 3.8) is 0 Å². The Hall–Kier alpha value is -1.77. The molecule has 0 spiro atoms. The minimum atomic E-state index is -0.928. The second-order valence-electron chi connectivity index (χ2n) is 4.72. The third-order valence-corrected chi connectivity index (χ3v) is 4.87. The van der Waals surface area contributed by atoms with Crippen LogP contribution in [-0.4, -0.2) is 46.0 Å². The molecule has 1 unspecified atom stereocenters. The first-order valence-corrected chi connectivity index (χ1v) is 8.16. The third-order valence-electron chi connectivity index (χ3n) is 3.25. The van der Waals surface area contributed by atoms with Crippen molar-refractivity contribution >= 4 is 34.6 Å². The molecule has 21 heavy (non-hydrogen) atoms. The van der Waals surface area contributed by atoms with Crippen LogP contribution in [0, 0.1) is 0 Å². The van der Waals surface area contributed by atoms with Gasteiger partial charge in [-0.2, -0.15) is 11.3 Å². The lowest BCUT2D eigenvalue weighted by atomic mass is 10.2. The van der Waals surface area contributed by atoms with Crippen LogP contribution in [0.1, 0.15) is 5.69 Å². The van der Waals surface area contributed by atoms with Gasteiger partial charge in [0.1, 0.15) is 11.0 Å². The fourth-order valence-corrected chi connectivity index (χ4v) is 3.73. The first kappa shape index (κ1) is 14.2. The highest BCUT2D eigenvalue weighted by Crippen LogP contribution is 2.26. The van der Waals surface area contributed by atoms with Crippen molar-refractivity contribution in [1.29, 1.82) is 0 Å². The summed E-state index contributed by atoms with van der Waals surface area (Å²) >= 11 is 3.14. The van der Waals surface area contributed by atoms with E-state index in [4.69, 9.17) is 0 Å². The SMILES string of the molecule is O=C1CN(Cc2csc(-c3ccsc3)n2)C(C(=O)O)CN1. The number of carboxylic acids is 1. The van der Waals surface area contributed by atoms with Gasteiger partial charge >= 0.3 is 5.97 Å². The Bertz CT molecular complexity index is 653. The third kappa shape index (κ3) is 3.12. The van der Waals surface area contributed by atoms with E-state index >= 15 is 0 Å². The van der Waals surface area contributed by atoms with Gasteiger partial charge in [0.15, 0.2) is 0 Å². The van der Waals surface area contributed by atoms with Crippen LogP contribution in [-0.2, 0) is 16.1 Å². The number of carbonyl (C=O) groups is 2. The van der Waals surface area contributed by atoms with E-state index in [-0.39, 0.29) is 19.0 Å². The Labute approximate surface area is 129 Å². The summed E-state index contributed by atoms with van der Waals surface area (Å²) in [5.41, 5.74) is 1.87. The number of aliphatic carboxylic acids is 1. The molecular weight excluding hydrogens is 310 g/mol. The number of hydrogen-bond acceptors (Lipinski definition) is 6. The van der Waals surface area contributed by atoms with Crippen LogP contribution in [0.2, 0.25) is 0 Å². The molecule has 1 aliphatic heterocycles. The van der Waals surface area contributed by atoms with Crippen molar-refractivity contribution in [2.45, 2.75) is 12.6 Å². The van der Waals surface area contributed by atoms with Crippen molar-refractivity contribution in [3.8, 4) is 10.6 Å². The Morgan fingerprint density at radius 3 is 3.10 bits per heavy atom. The molecule has 6 nitrogen and oxygen atoms in total. The molecule has 0 aliphatic carbocycles. The lowest BCUT2D eigenvalue weighted by Crippen LogP contribution is -2.56. The normalized spacial score (nSPS) is 19.4. The average Bonchev–Trinajstić information content (AvgIpc) is 3.08. The smallest absolute Gasteiger partial charge is 0.322 e. The molecule has 1 aliphatic rings. The second-order valence-corrected chi connectivity index (χ2v) is 6.36. The number of nitrogens with one attached hydrogen (secondary N) is 1. The van der Waals surface area contributed by atoms with Gasteiger partial charge in [0.05, 0.1) is 12.2 Å². The minimum absolute atomic E-state index is 0.0856. The molecule has 0 radical (unpaired) electrons. The Morgan fingerprint density at radius 1 is 1.52 bits per heavy atom. The van der Waals surface area contributed by atoms with Crippen molar-refractivity contribution in [2.75, 3.05) is 13.1 Å². The highest BCUT2D eigenvalue weighted by molar-refractivity contribution is 7.14. The van der Waals surface area contributed by atoms with Crippen LogP contribution < -0.4 is 5.32 Å². The van der Waals surface area contributed by atoms with Gasteiger partial charge in [-0.05, 0) is 11.4 Å². The quantitative estimate of drug-likeness (QED) is 0.885. The van der Waals surface area contributed by atoms with Crippen molar-refractivity contribution in [1.82, 2.24) is 15.2 Å². The van der Waals surface area contributed by atoms with Crippen LogP contribution in [0.15, 0.2) is 22.2 Å². The van der Waals surface area contributed by atoms with Gasteiger partial charge in [0, 0.05) is 29.4 Å². The topological polar surface area (TPSA) is 82.5 Å². The van der Waals surface area contributed by atoms with Gasteiger partial charge in [0.2, 0.25) is 5.91 Å². The van der Waals surface area contributed by atoms with E-state index in [2.05, 4.69) is 10.3 Å². The number of aromatic nitrogens is 1. The van der Waals surface area contributed by atoms with Gasteiger partial charge in [-0.3, -0.25) is 14.5 Å². The number of thiazole rings is 1. The predicted molar refractivity (Wildman–Crippen MR) is 80.3 cm³/mol. The number of rotatable bonds is 4. The number of carboxylic acid groups (broad SMARTS) is 1. The summed E-state index contributed by atoms with van der Waals surface area (Å²) in [5.74, 6) is -1.08. The predicted octanol–water partition coefficient (Wildman–Crippen LogP) is 1.26. The molecule has 3 rings (SSSR count). The van der Waals surface area contributed by atoms with Gasteiger partial charge in [0.25, 0.3) is 0 Å². The molecule has 1 amide bonds. The monoisotopic (exact) mass is 323 g/mol. The zero-order valence-electron chi connectivity index (χ0n) is 11.0. The molecule has 0 aromatic carbocycles. The molecule has 0 bridgehead atoms. The first-order valence-electron chi connectivity index (χ1n) is 6.34. The molecule has 1 saturated heterocycles. The maximum atomic E-state index is 11.5. The number of thiophene rings is 1. The number of piperazine rings is 1. The summed E-state index contributed by atoms with van der Waals surface area (Å²) < 4.78 is 0. The molecule has 2 N–H and O–H groups in total. The van der Waals surface area contributed by atoms with Gasteiger partial charge in [-0.15, -0.1) is 11.3 Å². The summed E-state index contributed by atoms with van der Waals surface area (Å²) in [5, 5.41) is 18.6. The second kappa shape index (κ2) is 5.92. The highest BCUT2D eigenvalue weighted by atomic mass is 32.1. The maximum absolute atomic E-state index is 11.5. The van der Waals surface area contributed by atoms with Gasteiger partial charge in [-0.1, -0.05) is 0 Å². The maximum Gasteiger partial charge on any atom is 0.322 e. The standard InChI is InChI=1S/C13H13N3O3S2/c17-11-5-16(10(3-14-11)13(18)19)4-9-7-21-12(15-9)8-1-2-20-6-8/h1-2,6-7,10H,3-5H2,(H,14,17)(H,18,19). The Kier molecular flexibility index (Phi) is 4.00. The van der Waals surface area contributed by atoms with Crippen LogP contribution in [0.4, 0.5) is 0 Å². The average molecular weight is 323 g/mol. The molecule has 0 saturated carbocycles. The van der Waals surface area contributed by atoms with Crippen molar-refractivity contribution in [2.24, 2.45) is 0 Å². The van der Waals surface area contributed by atoms with Crippen LogP contribution >= 0.6 is 22.7 Å². The van der Waals surface area contributed by atoms with Crippen molar-refractivity contribution < 1.29 is 14.7 Å². The van der Waals surface area contributed by atoms with E-state index in [0.29, 0.717) is 6.54 Å². The lowest BCUT2D eigenvalue weighted by Gasteiger charge is -2.31. The zero-order chi connectivity index (χ0) is 14.8. The summed E-state index contributed by atoms with van der Waals surface area (Å²) in [6.07, 6.45) is 0. The molecular formula is C13H13N3O3S2. The largest absolute Gasteiger partial charge is 0.480 e. The minimum Gasteiger partial charge on any atom is -0.480 e. The summed E-state index contributed by atoms with van der Waals surface area (Å²) in [4.78, 5) is 28.9. The van der Waals surface area contributed by atoms with E-state index in [9.17, 15) is 14.7 Å². The Morgan fingerprint density at radius 2 is 2.38 bits per heavy atom. The zero-order valence-corrected chi connectivity index (χ0v) is 12.6. The summed E-state index contributed by atoms with van der Waals surface area (Å²) in [6, 6.07) is 1.30. The highest BCUT2D eigenvalue weighted by Gasteiger charge is 2.32. The first-order chi connectivity index (χ1) is 10.1. The number of hydrogen-bond donors (Lipinski definition) is 2.